The standard InChI is InChI=1S/C26H32BrN3O2S/c1-2-29(21-12-6-8-19(16-21)9-7-14-27)25(31)18-30-22-13-15-33-24(22)17-23(30)26(32)28-20-10-4-3-5-11-20/h6,8,12-13,15-17,20H,2-5,7,9-11,14,18H2,1H3,(H,28,32). The molecule has 1 N–H and O–H groups in total. The van der Waals surface area contributed by atoms with E-state index in [0.717, 1.165) is 46.9 Å². The van der Waals surface area contributed by atoms with Crippen molar-refractivity contribution in [3.05, 3.63) is 53.0 Å². The van der Waals surface area contributed by atoms with Crippen LogP contribution in [0.3, 0.4) is 0 Å². The molecule has 7 heteroatoms. The summed E-state index contributed by atoms with van der Waals surface area (Å²) in [7, 11) is 0. The van der Waals surface area contributed by atoms with Crippen LogP contribution in [0.15, 0.2) is 41.8 Å². The van der Waals surface area contributed by atoms with Crippen LogP contribution in [-0.4, -0.2) is 34.3 Å². The van der Waals surface area contributed by atoms with Crippen LogP contribution in [0.1, 0.15) is 61.5 Å². The fourth-order valence-corrected chi connectivity index (χ4v) is 5.82. The number of hydrogen-bond acceptors (Lipinski definition) is 3. The minimum absolute atomic E-state index is 0.00874. The second kappa shape index (κ2) is 11.3. The number of halogens is 1. The molecule has 4 rings (SSSR count). The first kappa shape index (κ1) is 24.0. The number of rotatable bonds is 9. The molecule has 0 radical (unpaired) electrons. The summed E-state index contributed by atoms with van der Waals surface area (Å²) in [4.78, 5) is 28.5. The van der Waals surface area contributed by atoms with E-state index in [1.807, 2.05) is 46.0 Å². The topological polar surface area (TPSA) is 54.3 Å². The summed E-state index contributed by atoms with van der Waals surface area (Å²) in [5.74, 6) is -0.0801. The number of aryl methyl sites for hydroxylation is 1. The highest BCUT2D eigenvalue weighted by atomic mass is 79.9. The van der Waals surface area contributed by atoms with E-state index in [2.05, 4.69) is 33.4 Å². The predicted molar refractivity (Wildman–Crippen MR) is 141 cm³/mol. The molecule has 33 heavy (non-hydrogen) atoms. The average Bonchev–Trinajstić information content (AvgIpc) is 3.42. The maximum absolute atomic E-state index is 13.5. The molecule has 0 saturated heterocycles. The fourth-order valence-electron chi connectivity index (χ4n) is 4.72. The summed E-state index contributed by atoms with van der Waals surface area (Å²) in [6.45, 7) is 2.72. The first-order valence-electron chi connectivity index (χ1n) is 11.9. The lowest BCUT2D eigenvalue weighted by Gasteiger charge is -2.24. The van der Waals surface area contributed by atoms with Crippen molar-refractivity contribution in [1.82, 2.24) is 9.88 Å². The SMILES string of the molecule is CCN(C(=O)Cn1c(C(=O)NC2CCCCC2)cc2sccc21)c1cccc(CCCBr)c1. The van der Waals surface area contributed by atoms with Crippen molar-refractivity contribution in [2.75, 3.05) is 16.8 Å². The second-order valence-electron chi connectivity index (χ2n) is 8.69. The van der Waals surface area contributed by atoms with E-state index in [4.69, 9.17) is 0 Å². The van der Waals surface area contributed by atoms with Crippen LogP contribution < -0.4 is 10.2 Å². The summed E-state index contributed by atoms with van der Waals surface area (Å²) in [5, 5.41) is 6.19. The predicted octanol–water partition coefficient (Wildman–Crippen LogP) is 6.15. The number of alkyl halides is 1. The lowest BCUT2D eigenvalue weighted by Crippen LogP contribution is -2.38. The van der Waals surface area contributed by atoms with Gasteiger partial charge in [0.15, 0.2) is 0 Å². The number of thiophene rings is 1. The zero-order valence-electron chi connectivity index (χ0n) is 19.2. The van der Waals surface area contributed by atoms with Crippen LogP contribution in [0.2, 0.25) is 0 Å². The molecule has 1 saturated carbocycles. The van der Waals surface area contributed by atoms with Gasteiger partial charge in [0, 0.05) is 23.6 Å². The van der Waals surface area contributed by atoms with Crippen LogP contribution in [0, 0.1) is 0 Å². The van der Waals surface area contributed by atoms with Crippen molar-refractivity contribution in [3.8, 4) is 0 Å². The quantitative estimate of drug-likeness (QED) is 0.338. The van der Waals surface area contributed by atoms with E-state index < -0.39 is 0 Å². The van der Waals surface area contributed by atoms with Gasteiger partial charge in [-0.05, 0) is 67.8 Å². The molecular weight excluding hydrogens is 498 g/mol. The second-order valence-corrected chi connectivity index (χ2v) is 10.4. The van der Waals surface area contributed by atoms with Gasteiger partial charge in [0.1, 0.15) is 12.2 Å². The van der Waals surface area contributed by atoms with Crippen LogP contribution in [-0.2, 0) is 17.8 Å². The monoisotopic (exact) mass is 529 g/mol. The third-order valence-corrected chi connectivity index (χ3v) is 7.84. The fraction of sp³-hybridized carbons (Fsp3) is 0.462. The molecule has 2 aromatic heterocycles. The van der Waals surface area contributed by atoms with E-state index in [9.17, 15) is 9.59 Å². The van der Waals surface area contributed by atoms with Crippen LogP contribution in [0.4, 0.5) is 5.69 Å². The number of likely N-dealkylation sites (N-methyl/N-ethyl adjacent to an activating group) is 1. The molecule has 0 spiro atoms. The Morgan fingerprint density at radius 2 is 2.00 bits per heavy atom. The van der Waals surface area contributed by atoms with Gasteiger partial charge in [-0.3, -0.25) is 9.59 Å². The summed E-state index contributed by atoms with van der Waals surface area (Å²) in [6.07, 6.45) is 7.69. The minimum Gasteiger partial charge on any atom is -0.348 e. The Labute approximate surface area is 208 Å². The van der Waals surface area contributed by atoms with Gasteiger partial charge in [0.05, 0.1) is 10.2 Å². The normalized spacial score (nSPS) is 14.5. The number of aromatic nitrogens is 1. The lowest BCUT2D eigenvalue weighted by atomic mass is 9.95. The number of nitrogens with one attached hydrogen (secondary N) is 1. The van der Waals surface area contributed by atoms with Gasteiger partial charge in [0.25, 0.3) is 5.91 Å². The van der Waals surface area contributed by atoms with Crippen molar-refractivity contribution >= 4 is 55.0 Å². The van der Waals surface area contributed by atoms with Crippen molar-refractivity contribution in [3.63, 3.8) is 0 Å². The molecule has 1 fully saturated rings. The Morgan fingerprint density at radius 1 is 1.18 bits per heavy atom. The van der Waals surface area contributed by atoms with E-state index in [-0.39, 0.29) is 24.4 Å². The maximum atomic E-state index is 13.5. The Hall–Kier alpha value is -2.12. The van der Waals surface area contributed by atoms with Gasteiger partial charge in [0.2, 0.25) is 5.91 Å². The molecule has 0 atom stereocenters. The molecular formula is C26H32BrN3O2S. The van der Waals surface area contributed by atoms with E-state index in [0.29, 0.717) is 12.2 Å². The van der Waals surface area contributed by atoms with E-state index in [1.165, 1.54) is 24.8 Å². The number of hydrogen-bond donors (Lipinski definition) is 1. The third-order valence-electron chi connectivity index (χ3n) is 6.43. The third kappa shape index (κ3) is 5.69. The van der Waals surface area contributed by atoms with Crippen LogP contribution in [0.25, 0.3) is 10.2 Å². The molecule has 1 aliphatic carbocycles. The summed E-state index contributed by atoms with van der Waals surface area (Å²) in [6, 6.07) is 12.4. The summed E-state index contributed by atoms with van der Waals surface area (Å²) >= 11 is 5.09. The Morgan fingerprint density at radius 3 is 2.76 bits per heavy atom. The number of fused-ring (bicyclic) bond motifs is 1. The van der Waals surface area contributed by atoms with E-state index in [1.54, 1.807) is 11.3 Å². The molecule has 0 aliphatic heterocycles. The molecule has 0 bridgehead atoms. The maximum Gasteiger partial charge on any atom is 0.268 e. The lowest BCUT2D eigenvalue weighted by molar-refractivity contribution is -0.119. The first-order valence-corrected chi connectivity index (χ1v) is 13.9. The van der Waals surface area contributed by atoms with Gasteiger partial charge < -0.3 is 14.8 Å². The molecule has 3 aromatic rings. The van der Waals surface area contributed by atoms with Gasteiger partial charge in [-0.25, -0.2) is 0 Å². The molecule has 2 amide bonds. The van der Waals surface area contributed by atoms with Gasteiger partial charge in [-0.2, -0.15) is 0 Å². The number of benzene rings is 1. The van der Waals surface area contributed by atoms with Crippen molar-refractivity contribution in [1.29, 1.82) is 0 Å². The molecule has 0 unspecified atom stereocenters. The van der Waals surface area contributed by atoms with E-state index >= 15 is 0 Å². The highest BCUT2D eigenvalue weighted by Gasteiger charge is 2.24. The number of amides is 2. The number of carbonyl (C=O) groups excluding carboxylic acids is 2. The van der Waals surface area contributed by atoms with Gasteiger partial charge in [-0.15, -0.1) is 11.3 Å². The Balaban J connectivity index is 1.56. The summed E-state index contributed by atoms with van der Waals surface area (Å²) < 4.78 is 2.93. The van der Waals surface area contributed by atoms with Gasteiger partial charge >= 0.3 is 0 Å². The first-order chi connectivity index (χ1) is 16.1. The zero-order valence-corrected chi connectivity index (χ0v) is 21.6. The highest BCUT2D eigenvalue weighted by molar-refractivity contribution is 9.09. The Bertz CT molecular complexity index is 1100. The minimum atomic E-state index is -0.0714. The van der Waals surface area contributed by atoms with Crippen LogP contribution >= 0.6 is 27.3 Å². The number of nitrogens with zero attached hydrogens (tertiary/aromatic N) is 2. The Kier molecular flexibility index (Phi) is 8.25. The smallest absolute Gasteiger partial charge is 0.268 e. The van der Waals surface area contributed by atoms with Gasteiger partial charge in [-0.1, -0.05) is 47.3 Å². The molecule has 2 heterocycles. The number of anilines is 1. The summed E-state index contributed by atoms with van der Waals surface area (Å²) in [5.41, 5.74) is 3.67. The average molecular weight is 531 g/mol. The molecule has 1 aliphatic rings. The largest absolute Gasteiger partial charge is 0.348 e. The molecule has 5 nitrogen and oxygen atoms in total. The van der Waals surface area contributed by atoms with Crippen molar-refractivity contribution in [2.45, 2.75) is 64.5 Å². The molecule has 1 aromatic carbocycles. The zero-order chi connectivity index (χ0) is 23.2. The highest BCUT2D eigenvalue weighted by Crippen LogP contribution is 2.27. The molecule has 176 valence electrons. The van der Waals surface area contributed by atoms with Crippen molar-refractivity contribution in [2.24, 2.45) is 0 Å². The van der Waals surface area contributed by atoms with Crippen molar-refractivity contribution < 1.29 is 9.59 Å². The van der Waals surface area contributed by atoms with Crippen LogP contribution in [0.5, 0.6) is 0 Å². The number of carbonyl (C=O) groups is 2.